The van der Waals surface area contributed by atoms with Crippen molar-refractivity contribution in [2.75, 3.05) is 26.7 Å². The van der Waals surface area contributed by atoms with Crippen molar-refractivity contribution in [3.05, 3.63) is 64.9 Å². The average Bonchev–Trinajstić information content (AvgIpc) is 3.05. The quantitative estimate of drug-likeness (QED) is 0.847. The van der Waals surface area contributed by atoms with Crippen molar-refractivity contribution in [2.45, 2.75) is 25.4 Å². The van der Waals surface area contributed by atoms with Crippen LogP contribution in [0.4, 0.5) is 4.79 Å². The van der Waals surface area contributed by atoms with E-state index < -0.39 is 0 Å². The Kier molecular flexibility index (Phi) is 6.47. The van der Waals surface area contributed by atoms with Gasteiger partial charge in [0.2, 0.25) is 0 Å². The fourth-order valence-electron chi connectivity index (χ4n) is 3.19. The molecule has 2 amide bonds. The van der Waals surface area contributed by atoms with Gasteiger partial charge < -0.3 is 15.1 Å². The monoisotopic (exact) mass is 372 g/mol. The maximum Gasteiger partial charge on any atom is 0.317 e. The molecule has 3 rings (SSSR count). The van der Waals surface area contributed by atoms with E-state index in [1.807, 2.05) is 41.3 Å². The highest BCUT2D eigenvalue weighted by Gasteiger charge is 2.23. The third-order valence-corrected chi connectivity index (χ3v) is 4.96. The van der Waals surface area contributed by atoms with Gasteiger partial charge in [0.15, 0.2) is 0 Å². The number of nitrogens with zero attached hydrogens (tertiary/aromatic N) is 3. The maximum atomic E-state index is 12.8. The van der Waals surface area contributed by atoms with Gasteiger partial charge in [-0.15, -0.1) is 0 Å². The predicted molar refractivity (Wildman–Crippen MR) is 104 cm³/mol. The number of pyridine rings is 1. The number of nitrogens with one attached hydrogen (secondary N) is 1. The first kappa shape index (κ1) is 18.7. The molecule has 0 radical (unpaired) electrons. The molecule has 0 saturated carbocycles. The topological polar surface area (TPSA) is 48.5 Å². The molecule has 1 aromatic carbocycles. The summed E-state index contributed by atoms with van der Waals surface area (Å²) in [7, 11) is 2.08. The zero-order valence-electron chi connectivity index (χ0n) is 15.1. The Morgan fingerprint density at radius 2 is 1.96 bits per heavy atom. The highest BCUT2D eigenvalue weighted by molar-refractivity contribution is 6.30. The fourth-order valence-corrected chi connectivity index (χ4v) is 3.32. The van der Waals surface area contributed by atoms with E-state index in [0.29, 0.717) is 13.1 Å². The summed E-state index contributed by atoms with van der Waals surface area (Å²) >= 11 is 5.95. The standard InChI is InChI=1S/C20H25ClN4O/c1-24-12-9-19(15-24)23-20(26)25(14-17-6-10-22-11-7-17)13-8-16-2-4-18(21)5-3-16/h2-7,10-11,19H,8-9,12-15H2,1H3,(H,23,26)/t19-/m1/s1. The van der Waals surface area contributed by atoms with Crippen LogP contribution in [0.1, 0.15) is 17.5 Å². The minimum absolute atomic E-state index is 0.00363. The molecular formula is C20H25ClN4O. The molecule has 0 unspecified atom stereocenters. The van der Waals surface area contributed by atoms with Gasteiger partial charge in [-0.25, -0.2) is 4.79 Å². The lowest BCUT2D eigenvalue weighted by molar-refractivity contribution is 0.191. The zero-order valence-corrected chi connectivity index (χ0v) is 15.8. The predicted octanol–water partition coefficient (Wildman–Crippen LogP) is 3.19. The van der Waals surface area contributed by atoms with Crippen molar-refractivity contribution in [2.24, 2.45) is 0 Å². The summed E-state index contributed by atoms with van der Waals surface area (Å²) in [5.41, 5.74) is 2.25. The molecule has 138 valence electrons. The van der Waals surface area contributed by atoms with Crippen LogP contribution in [0.3, 0.4) is 0 Å². The number of halogens is 1. The van der Waals surface area contributed by atoms with E-state index in [2.05, 4.69) is 22.2 Å². The van der Waals surface area contributed by atoms with Gasteiger partial charge in [-0.05, 0) is 61.8 Å². The number of hydrogen-bond donors (Lipinski definition) is 1. The smallest absolute Gasteiger partial charge is 0.317 e. The summed E-state index contributed by atoms with van der Waals surface area (Å²) in [5.74, 6) is 0. The van der Waals surface area contributed by atoms with Crippen molar-refractivity contribution in [3.8, 4) is 0 Å². The van der Waals surface area contributed by atoms with E-state index in [4.69, 9.17) is 11.6 Å². The number of carbonyl (C=O) groups excluding carboxylic acids is 1. The molecule has 1 aromatic heterocycles. The minimum atomic E-state index is -0.00363. The lowest BCUT2D eigenvalue weighted by Gasteiger charge is -2.25. The number of rotatable bonds is 6. The molecular weight excluding hydrogens is 348 g/mol. The molecule has 2 aromatic rings. The SMILES string of the molecule is CN1CC[C@@H](NC(=O)N(CCc2ccc(Cl)cc2)Cc2ccncc2)C1. The van der Waals surface area contributed by atoms with E-state index in [0.717, 1.165) is 36.5 Å². The summed E-state index contributed by atoms with van der Waals surface area (Å²) in [5, 5.41) is 3.91. The number of amides is 2. The van der Waals surface area contributed by atoms with Gasteiger partial charge in [-0.1, -0.05) is 23.7 Å². The number of likely N-dealkylation sites (tertiary alicyclic amines) is 1. The van der Waals surface area contributed by atoms with E-state index >= 15 is 0 Å². The summed E-state index contributed by atoms with van der Waals surface area (Å²) < 4.78 is 0. The second kappa shape index (κ2) is 9.01. The number of urea groups is 1. The zero-order chi connectivity index (χ0) is 18.4. The van der Waals surface area contributed by atoms with E-state index in [9.17, 15) is 4.79 Å². The van der Waals surface area contributed by atoms with Gasteiger partial charge in [-0.3, -0.25) is 4.98 Å². The second-order valence-electron chi connectivity index (χ2n) is 6.85. The van der Waals surface area contributed by atoms with Crippen LogP contribution in [0.2, 0.25) is 5.02 Å². The Bertz CT molecular complexity index is 708. The molecule has 2 heterocycles. The fraction of sp³-hybridized carbons (Fsp3) is 0.400. The molecule has 0 aliphatic carbocycles. The lowest BCUT2D eigenvalue weighted by Crippen LogP contribution is -2.46. The number of likely N-dealkylation sites (N-methyl/N-ethyl adjacent to an activating group) is 1. The molecule has 0 spiro atoms. The van der Waals surface area contributed by atoms with Gasteiger partial charge in [0.05, 0.1) is 0 Å². The Morgan fingerprint density at radius 1 is 1.23 bits per heavy atom. The van der Waals surface area contributed by atoms with Crippen molar-refractivity contribution in [1.29, 1.82) is 0 Å². The molecule has 1 atom stereocenters. The molecule has 1 fully saturated rings. The Morgan fingerprint density at radius 3 is 2.62 bits per heavy atom. The Labute approximate surface area is 160 Å². The van der Waals surface area contributed by atoms with E-state index in [1.54, 1.807) is 12.4 Å². The molecule has 5 nitrogen and oxygen atoms in total. The van der Waals surface area contributed by atoms with Crippen molar-refractivity contribution in [3.63, 3.8) is 0 Å². The van der Waals surface area contributed by atoms with Gasteiger partial charge in [0.25, 0.3) is 0 Å². The third kappa shape index (κ3) is 5.44. The first-order valence-electron chi connectivity index (χ1n) is 8.97. The number of aromatic nitrogens is 1. The van der Waals surface area contributed by atoms with E-state index in [-0.39, 0.29) is 12.1 Å². The van der Waals surface area contributed by atoms with Gasteiger partial charge in [-0.2, -0.15) is 0 Å². The molecule has 1 aliphatic heterocycles. The normalized spacial score (nSPS) is 17.2. The molecule has 6 heteroatoms. The van der Waals surface area contributed by atoms with Gasteiger partial charge in [0, 0.05) is 43.1 Å². The molecule has 1 saturated heterocycles. The summed E-state index contributed by atoms with van der Waals surface area (Å²) in [6, 6.07) is 11.9. The van der Waals surface area contributed by atoms with Crippen molar-refractivity contribution >= 4 is 17.6 Å². The summed E-state index contributed by atoms with van der Waals surface area (Å²) in [6.07, 6.45) is 5.32. The van der Waals surface area contributed by atoms with Crippen LogP contribution in [0.15, 0.2) is 48.8 Å². The number of benzene rings is 1. The minimum Gasteiger partial charge on any atom is -0.334 e. The molecule has 0 bridgehead atoms. The maximum absolute atomic E-state index is 12.8. The van der Waals surface area contributed by atoms with E-state index in [1.165, 1.54) is 5.56 Å². The lowest BCUT2D eigenvalue weighted by atomic mass is 10.1. The highest BCUT2D eigenvalue weighted by Crippen LogP contribution is 2.13. The van der Waals surface area contributed by atoms with Crippen LogP contribution in [0, 0.1) is 0 Å². The third-order valence-electron chi connectivity index (χ3n) is 4.71. The van der Waals surface area contributed by atoms with Crippen LogP contribution < -0.4 is 5.32 Å². The van der Waals surface area contributed by atoms with Gasteiger partial charge in [0.1, 0.15) is 0 Å². The summed E-state index contributed by atoms with van der Waals surface area (Å²) in [4.78, 5) is 21.0. The first-order valence-corrected chi connectivity index (χ1v) is 9.35. The Hall–Kier alpha value is -2.11. The second-order valence-corrected chi connectivity index (χ2v) is 7.29. The summed E-state index contributed by atoms with van der Waals surface area (Å²) in [6.45, 7) is 3.16. The van der Waals surface area contributed by atoms with Crippen LogP contribution in [-0.4, -0.2) is 53.5 Å². The van der Waals surface area contributed by atoms with Crippen molar-refractivity contribution < 1.29 is 4.79 Å². The first-order chi connectivity index (χ1) is 12.6. The van der Waals surface area contributed by atoms with Crippen LogP contribution in [0.5, 0.6) is 0 Å². The van der Waals surface area contributed by atoms with Crippen LogP contribution in [-0.2, 0) is 13.0 Å². The molecule has 1 aliphatic rings. The average molecular weight is 373 g/mol. The molecule has 26 heavy (non-hydrogen) atoms. The largest absolute Gasteiger partial charge is 0.334 e. The van der Waals surface area contributed by atoms with Crippen LogP contribution >= 0.6 is 11.6 Å². The number of carbonyl (C=O) groups is 1. The Balaban J connectivity index is 1.64. The highest BCUT2D eigenvalue weighted by atomic mass is 35.5. The van der Waals surface area contributed by atoms with Gasteiger partial charge >= 0.3 is 6.03 Å². The molecule has 1 N–H and O–H groups in total. The van der Waals surface area contributed by atoms with Crippen LogP contribution in [0.25, 0.3) is 0 Å². The number of hydrogen-bond acceptors (Lipinski definition) is 3. The van der Waals surface area contributed by atoms with Crippen molar-refractivity contribution in [1.82, 2.24) is 20.1 Å².